The van der Waals surface area contributed by atoms with Gasteiger partial charge in [0.15, 0.2) is 0 Å². The zero-order chi connectivity index (χ0) is 9.19. The Morgan fingerprint density at radius 2 is 2.42 bits per heavy atom. The first-order valence-electron chi connectivity index (χ1n) is 4.60. The summed E-state index contributed by atoms with van der Waals surface area (Å²) in [4.78, 5) is 0. The van der Waals surface area contributed by atoms with Crippen LogP contribution in [0.3, 0.4) is 0 Å². The third-order valence-electron chi connectivity index (χ3n) is 2.45. The minimum atomic E-state index is -0.362. The van der Waals surface area contributed by atoms with E-state index >= 15 is 0 Å². The Morgan fingerprint density at radius 3 is 2.83 bits per heavy atom. The molecule has 0 amide bonds. The smallest absolute Gasteiger partial charge is 0.102 e. The average Bonchev–Trinajstić information content (AvgIpc) is 2.27. The van der Waals surface area contributed by atoms with Crippen LogP contribution in [0.5, 0.6) is 0 Å². The lowest BCUT2D eigenvalue weighted by Crippen LogP contribution is -2.23. The van der Waals surface area contributed by atoms with Crippen LogP contribution in [0.2, 0.25) is 0 Å². The van der Waals surface area contributed by atoms with Crippen molar-refractivity contribution in [2.45, 2.75) is 50.9 Å². The van der Waals surface area contributed by atoms with Gasteiger partial charge >= 0.3 is 0 Å². The van der Waals surface area contributed by atoms with Crippen molar-refractivity contribution in [3.05, 3.63) is 12.7 Å². The highest BCUT2D eigenvalue weighted by molar-refractivity contribution is 4.98. The van der Waals surface area contributed by atoms with Crippen molar-refractivity contribution in [1.29, 1.82) is 0 Å². The molecule has 0 spiro atoms. The van der Waals surface area contributed by atoms with E-state index in [2.05, 4.69) is 20.4 Å². The lowest BCUT2D eigenvalue weighted by Gasteiger charge is -2.22. The van der Waals surface area contributed by atoms with Gasteiger partial charge in [0.05, 0.1) is 11.7 Å². The molecule has 2 nitrogen and oxygen atoms in total. The molecule has 0 aromatic rings. The van der Waals surface area contributed by atoms with Gasteiger partial charge in [0.25, 0.3) is 0 Å². The molecule has 3 atom stereocenters. The monoisotopic (exact) mass is 170 g/mol. The molecule has 1 aliphatic heterocycles. The van der Waals surface area contributed by atoms with Crippen molar-refractivity contribution in [2.24, 2.45) is 0 Å². The first-order chi connectivity index (χ1) is 5.61. The Morgan fingerprint density at radius 1 is 1.75 bits per heavy atom. The fourth-order valence-electron chi connectivity index (χ4n) is 1.91. The van der Waals surface area contributed by atoms with Gasteiger partial charge in [-0.05, 0) is 13.3 Å². The van der Waals surface area contributed by atoms with Crippen molar-refractivity contribution < 1.29 is 9.84 Å². The van der Waals surface area contributed by atoms with Gasteiger partial charge in [0.1, 0.15) is 6.10 Å². The zero-order valence-corrected chi connectivity index (χ0v) is 7.92. The summed E-state index contributed by atoms with van der Waals surface area (Å²) in [7, 11) is 0. The van der Waals surface area contributed by atoms with E-state index < -0.39 is 0 Å². The average molecular weight is 170 g/mol. The predicted octanol–water partition coefficient (Wildman–Crippen LogP) is 1.88. The standard InChI is InChI=1S/C10H18O2/c1-4-6-10(3)7-8(11)9(5-2)12-10/h5,8-9,11H,2,4,6-7H2,1,3H3/t8-,9+,10+/m1/s1. The molecular weight excluding hydrogens is 152 g/mol. The van der Waals surface area contributed by atoms with Gasteiger partial charge in [-0.25, -0.2) is 0 Å². The Kier molecular flexibility index (Phi) is 2.91. The molecule has 1 saturated heterocycles. The first kappa shape index (κ1) is 9.75. The Bertz CT molecular complexity index is 167. The number of hydrogen-bond acceptors (Lipinski definition) is 2. The van der Waals surface area contributed by atoms with Gasteiger partial charge in [0.2, 0.25) is 0 Å². The minimum Gasteiger partial charge on any atom is -0.390 e. The second-order valence-corrected chi connectivity index (χ2v) is 3.79. The highest BCUT2D eigenvalue weighted by Gasteiger charge is 2.40. The van der Waals surface area contributed by atoms with Crippen LogP contribution < -0.4 is 0 Å². The normalized spacial score (nSPS) is 41.6. The Hall–Kier alpha value is -0.340. The molecule has 0 bridgehead atoms. The molecular formula is C10H18O2. The second-order valence-electron chi connectivity index (χ2n) is 3.79. The topological polar surface area (TPSA) is 29.5 Å². The summed E-state index contributed by atoms with van der Waals surface area (Å²) < 4.78 is 5.68. The summed E-state index contributed by atoms with van der Waals surface area (Å²) >= 11 is 0. The summed E-state index contributed by atoms with van der Waals surface area (Å²) in [6.07, 6.45) is 3.99. The van der Waals surface area contributed by atoms with Gasteiger partial charge in [-0.1, -0.05) is 19.4 Å². The van der Waals surface area contributed by atoms with E-state index in [1.54, 1.807) is 6.08 Å². The quantitative estimate of drug-likeness (QED) is 0.655. The SMILES string of the molecule is C=C[C@@H]1O[C@@](C)(CCC)C[C@H]1O. The largest absolute Gasteiger partial charge is 0.390 e. The summed E-state index contributed by atoms with van der Waals surface area (Å²) in [6.45, 7) is 7.82. The van der Waals surface area contributed by atoms with E-state index in [1.807, 2.05) is 0 Å². The van der Waals surface area contributed by atoms with Crippen molar-refractivity contribution in [3.63, 3.8) is 0 Å². The van der Waals surface area contributed by atoms with Crippen molar-refractivity contribution in [3.8, 4) is 0 Å². The maximum absolute atomic E-state index is 9.55. The van der Waals surface area contributed by atoms with Crippen molar-refractivity contribution in [2.75, 3.05) is 0 Å². The van der Waals surface area contributed by atoms with E-state index in [-0.39, 0.29) is 17.8 Å². The van der Waals surface area contributed by atoms with Gasteiger partial charge < -0.3 is 9.84 Å². The summed E-state index contributed by atoms with van der Waals surface area (Å²) in [6, 6.07) is 0. The molecule has 0 aliphatic carbocycles. The zero-order valence-electron chi connectivity index (χ0n) is 7.92. The third-order valence-corrected chi connectivity index (χ3v) is 2.45. The van der Waals surface area contributed by atoms with Gasteiger partial charge in [0, 0.05) is 6.42 Å². The van der Waals surface area contributed by atoms with E-state index in [9.17, 15) is 5.11 Å². The lowest BCUT2D eigenvalue weighted by molar-refractivity contribution is -0.0245. The molecule has 12 heavy (non-hydrogen) atoms. The molecule has 1 heterocycles. The lowest BCUT2D eigenvalue weighted by atomic mass is 9.95. The maximum Gasteiger partial charge on any atom is 0.102 e. The fourth-order valence-corrected chi connectivity index (χ4v) is 1.91. The summed E-state index contributed by atoms with van der Waals surface area (Å²) in [5, 5.41) is 9.55. The molecule has 0 saturated carbocycles. The highest BCUT2D eigenvalue weighted by Crippen LogP contribution is 2.34. The van der Waals surface area contributed by atoms with Crippen LogP contribution in [-0.2, 0) is 4.74 Å². The molecule has 70 valence electrons. The second kappa shape index (κ2) is 3.58. The highest BCUT2D eigenvalue weighted by atomic mass is 16.5. The van der Waals surface area contributed by atoms with E-state index in [0.717, 1.165) is 19.3 Å². The molecule has 0 radical (unpaired) electrons. The molecule has 0 aromatic heterocycles. The number of hydrogen-bond donors (Lipinski definition) is 1. The van der Waals surface area contributed by atoms with E-state index in [4.69, 9.17) is 4.74 Å². The van der Waals surface area contributed by atoms with Gasteiger partial charge in [-0.2, -0.15) is 0 Å². The van der Waals surface area contributed by atoms with Crippen LogP contribution in [0.4, 0.5) is 0 Å². The van der Waals surface area contributed by atoms with Crippen LogP contribution in [0.25, 0.3) is 0 Å². The van der Waals surface area contributed by atoms with Gasteiger partial charge in [-0.3, -0.25) is 0 Å². The molecule has 1 N–H and O–H groups in total. The Balaban J connectivity index is 2.56. The van der Waals surface area contributed by atoms with Crippen LogP contribution in [0.1, 0.15) is 33.1 Å². The van der Waals surface area contributed by atoms with Crippen LogP contribution in [0, 0.1) is 0 Å². The molecule has 1 rings (SSSR count). The van der Waals surface area contributed by atoms with Crippen LogP contribution in [-0.4, -0.2) is 22.9 Å². The Labute approximate surface area is 74.2 Å². The summed E-state index contributed by atoms with van der Waals surface area (Å²) in [5.74, 6) is 0. The molecule has 2 heteroatoms. The summed E-state index contributed by atoms with van der Waals surface area (Å²) in [5.41, 5.74) is -0.132. The maximum atomic E-state index is 9.55. The van der Waals surface area contributed by atoms with Crippen molar-refractivity contribution in [1.82, 2.24) is 0 Å². The van der Waals surface area contributed by atoms with E-state index in [1.165, 1.54) is 0 Å². The minimum absolute atomic E-state index is 0.132. The number of aliphatic hydroxyl groups is 1. The van der Waals surface area contributed by atoms with Crippen LogP contribution >= 0.6 is 0 Å². The molecule has 1 fully saturated rings. The number of aliphatic hydroxyl groups excluding tert-OH is 1. The molecule has 0 unspecified atom stereocenters. The first-order valence-corrected chi connectivity index (χ1v) is 4.60. The molecule has 0 aromatic carbocycles. The van der Waals surface area contributed by atoms with Gasteiger partial charge in [-0.15, -0.1) is 6.58 Å². The predicted molar refractivity (Wildman–Crippen MR) is 49.0 cm³/mol. The van der Waals surface area contributed by atoms with Crippen LogP contribution in [0.15, 0.2) is 12.7 Å². The number of rotatable bonds is 3. The van der Waals surface area contributed by atoms with Crippen molar-refractivity contribution >= 4 is 0 Å². The fraction of sp³-hybridized carbons (Fsp3) is 0.800. The molecule has 1 aliphatic rings. The third kappa shape index (κ3) is 1.87. The number of ether oxygens (including phenoxy) is 1. The van der Waals surface area contributed by atoms with E-state index in [0.29, 0.717) is 0 Å².